The van der Waals surface area contributed by atoms with Crippen molar-refractivity contribution >= 4 is 28.9 Å². The number of oxime groups is 1. The number of halogens is 1. The van der Waals surface area contributed by atoms with E-state index in [9.17, 15) is 14.7 Å². The molecule has 1 aliphatic rings. The minimum atomic E-state index is -0.202. The first-order valence-corrected chi connectivity index (χ1v) is 10.9. The smallest absolute Gasteiger partial charge is 0.186 e. The molecule has 0 saturated heterocycles. The van der Waals surface area contributed by atoms with E-state index in [0.29, 0.717) is 24.1 Å². The van der Waals surface area contributed by atoms with Crippen LogP contribution >= 0.6 is 11.6 Å². The summed E-state index contributed by atoms with van der Waals surface area (Å²) in [5.74, 6) is -0.414. The molecule has 2 rings (SSSR count). The van der Waals surface area contributed by atoms with Gasteiger partial charge in [0.05, 0.1) is 11.3 Å². The number of carbonyl (C=O) groups is 2. The molecule has 0 spiro atoms. The molecule has 31 heavy (non-hydrogen) atoms. The van der Waals surface area contributed by atoms with E-state index in [1.165, 1.54) is 5.54 Å². The first-order valence-electron chi connectivity index (χ1n) is 10.4. The number of Topliss-reactive ketones (excluding diaryl/α,β-unsaturated/α-hetero) is 1. The van der Waals surface area contributed by atoms with Gasteiger partial charge >= 0.3 is 0 Å². The predicted octanol–water partition coefficient (Wildman–Crippen LogP) is 6.16. The molecule has 5 nitrogen and oxygen atoms in total. The summed E-state index contributed by atoms with van der Waals surface area (Å²) in [4.78, 5) is 30.8. The zero-order valence-corrected chi connectivity index (χ0v) is 19.5. The Morgan fingerprint density at radius 3 is 2.58 bits per heavy atom. The third-order valence-electron chi connectivity index (χ3n) is 5.50. The minimum Gasteiger partial charge on any atom is -0.511 e. The van der Waals surface area contributed by atoms with Crippen LogP contribution in [0.4, 0.5) is 0 Å². The van der Waals surface area contributed by atoms with Crippen molar-refractivity contribution in [3.8, 4) is 0 Å². The van der Waals surface area contributed by atoms with Gasteiger partial charge in [0.1, 0.15) is 12.4 Å². The van der Waals surface area contributed by atoms with Crippen molar-refractivity contribution in [2.75, 3.05) is 6.61 Å². The van der Waals surface area contributed by atoms with Crippen LogP contribution in [0.25, 0.3) is 0 Å². The fourth-order valence-corrected chi connectivity index (χ4v) is 4.42. The average molecular weight is 444 g/mol. The molecule has 0 saturated carbocycles. The molecule has 1 atom stereocenters. The highest BCUT2D eigenvalue weighted by Gasteiger charge is 2.33. The Labute approximate surface area is 189 Å². The predicted molar refractivity (Wildman–Crippen MR) is 125 cm³/mol. The van der Waals surface area contributed by atoms with Crippen LogP contribution in [-0.2, 0) is 9.63 Å². The minimum absolute atomic E-state index is 0.0130. The molecule has 1 N–H and O–H groups in total. The molecule has 0 aliphatic heterocycles. The second kappa shape index (κ2) is 11.1. The lowest BCUT2D eigenvalue weighted by Gasteiger charge is -2.28. The van der Waals surface area contributed by atoms with Crippen LogP contribution in [0.5, 0.6) is 0 Å². The number of aryl methyl sites for hydroxylation is 2. The van der Waals surface area contributed by atoms with Gasteiger partial charge in [-0.25, -0.2) is 0 Å². The molecule has 1 unspecified atom stereocenters. The summed E-state index contributed by atoms with van der Waals surface area (Å²) >= 11 is 5.47. The highest BCUT2D eigenvalue weighted by molar-refractivity contribution is 6.25. The zero-order chi connectivity index (χ0) is 23.1. The fraction of sp³-hybridized carbons (Fsp3) is 0.400. The Morgan fingerprint density at radius 1 is 1.29 bits per heavy atom. The normalized spacial score (nSPS) is 17.8. The summed E-state index contributed by atoms with van der Waals surface area (Å²) in [6, 6.07) is 1.98. The zero-order valence-electron chi connectivity index (χ0n) is 18.8. The number of hydrogen-bond donors (Lipinski definition) is 1. The lowest BCUT2D eigenvalue weighted by molar-refractivity contribution is -0.116. The van der Waals surface area contributed by atoms with Gasteiger partial charge in [-0.15, -0.1) is 0 Å². The second-order valence-electron chi connectivity index (χ2n) is 7.69. The third kappa shape index (κ3) is 5.53. The van der Waals surface area contributed by atoms with E-state index < -0.39 is 0 Å². The summed E-state index contributed by atoms with van der Waals surface area (Å²) in [5.41, 5.74) is 6.40. The molecule has 1 aliphatic carbocycles. The molecule has 0 bridgehead atoms. The van der Waals surface area contributed by atoms with E-state index in [4.69, 9.17) is 16.4 Å². The summed E-state index contributed by atoms with van der Waals surface area (Å²) in [5, 5.41) is 14.8. The number of ketones is 2. The van der Waals surface area contributed by atoms with E-state index in [0.717, 1.165) is 22.3 Å². The number of allylic oxidation sites excluding steroid dienone is 4. The molecule has 6 heteroatoms. The van der Waals surface area contributed by atoms with Gasteiger partial charge in [-0.3, -0.25) is 9.59 Å². The molecule has 0 amide bonds. The Bertz CT molecular complexity index is 986. The van der Waals surface area contributed by atoms with Gasteiger partial charge in [-0.2, -0.15) is 0 Å². The van der Waals surface area contributed by atoms with Crippen LogP contribution in [-0.4, -0.2) is 29.0 Å². The first kappa shape index (κ1) is 24.6. The van der Waals surface area contributed by atoms with Crippen molar-refractivity contribution in [1.29, 1.82) is 0 Å². The van der Waals surface area contributed by atoms with Gasteiger partial charge in [-0.05, 0) is 74.4 Å². The van der Waals surface area contributed by atoms with Crippen LogP contribution in [0.3, 0.4) is 0 Å². The number of rotatable bonds is 8. The van der Waals surface area contributed by atoms with Crippen LogP contribution in [0.1, 0.15) is 71.6 Å². The van der Waals surface area contributed by atoms with Crippen molar-refractivity contribution in [3.63, 3.8) is 0 Å². The van der Waals surface area contributed by atoms with Crippen molar-refractivity contribution < 1.29 is 19.5 Å². The fourth-order valence-electron chi connectivity index (χ4n) is 4.35. The molecule has 1 aromatic rings. The number of aliphatic hydroxyl groups is 1. The average Bonchev–Trinajstić information content (AvgIpc) is 2.69. The number of carbonyl (C=O) groups excluding carboxylic acids is 2. The van der Waals surface area contributed by atoms with Gasteiger partial charge in [0.25, 0.3) is 0 Å². The van der Waals surface area contributed by atoms with E-state index >= 15 is 0 Å². The molecule has 0 heterocycles. The van der Waals surface area contributed by atoms with E-state index in [1.807, 2.05) is 40.7 Å². The van der Waals surface area contributed by atoms with E-state index in [-0.39, 0.29) is 41.8 Å². The molecule has 0 aromatic heterocycles. The topological polar surface area (TPSA) is 76.0 Å². The molecular formula is C25H30ClNO4. The van der Waals surface area contributed by atoms with Crippen molar-refractivity contribution in [1.82, 2.24) is 0 Å². The van der Waals surface area contributed by atoms with Crippen LogP contribution in [0.2, 0.25) is 0 Å². The van der Waals surface area contributed by atoms with Crippen LogP contribution < -0.4 is 0 Å². The molecule has 0 fully saturated rings. The van der Waals surface area contributed by atoms with Crippen molar-refractivity contribution in [2.24, 2.45) is 5.16 Å². The highest BCUT2D eigenvalue weighted by Crippen LogP contribution is 2.39. The Balaban J connectivity index is 2.45. The maximum atomic E-state index is 13.0. The second-order valence-corrected chi connectivity index (χ2v) is 7.94. The maximum absolute atomic E-state index is 13.0. The lowest BCUT2D eigenvalue weighted by atomic mass is 9.76. The SMILES string of the molecule is C/C=C/C(=O)c1c(C)cc(C)c(C2CC(=O)C(C(CC)=NOCC=CCl)=C(O)C2)c1C. The van der Waals surface area contributed by atoms with E-state index in [1.54, 1.807) is 18.2 Å². The Morgan fingerprint density at radius 2 is 2.00 bits per heavy atom. The van der Waals surface area contributed by atoms with Gasteiger partial charge in [0.2, 0.25) is 0 Å². The number of benzene rings is 1. The molecule has 166 valence electrons. The van der Waals surface area contributed by atoms with Crippen molar-refractivity contribution in [2.45, 2.75) is 59.8 Å². The van der Waals surface area contributed by atoms with Gasteiger partial charge in [0.15, 0.2) is 11.6 Å². The summed E-state index contributed by atoms with van der Waals surface area (Å²) in [6.07, 6.45) is 5.86. The Kier molecular flexibility index (Phi) is 8.81. The molecule has 1 aromatic carbocycles. The largest absolute Gasteiger partial charge is 0.511 e. The van der Waals surface area contributed by atoms with Crippen LogP contribution in [0.15, 0.2) is 46.3 Å². The highest BCUT2D eigenvalue weighted by atomic mass is 35.5. The molecule has 0 radical (unpaired) electrons. The standard InChI is InChI=1S/C25H30ClNO4/c1-6-9-20(28)24-16(4)12-15(3)23(17(24)5)18-13-21(29)25(22(30)14-18)19(7-2)27-31-11-8-10-26/h6,8-10,12,18,29H,7,11,13-14H2,1-5H3/b9-6+,10-8?,27-19?. The van der Waals surface area contributed by atoms with Gasteiger partial charge in [0, 0.05) is 23.9 Å². The monoisotopic (exact) mass is 443 g/mol. The van der Waals surface area contributed by atoms with Gasteiger partial charge in [-0.1, -0.05) is 35.8 Å². The summed E-state index contributed by atoms with van der Waals surface area (Å²) in [6.45, 7) is 9.67. The van der Waals surface area contributed by atoms with Gasteiger partial charge < -0.3 is 9.94 Å². The lowest BCUT2D eigenvalue weighted by Crippen LogP contribution is -2.25. The maximum Gasteiger partial charge on any atom is 0.186 e. The first-order chi connectivity index (χ1) is 14.8. The summed E-state index contributed by atoms with van der Waals surface area (Å²) in [7, 11) is 0. The van der Waals surface area contributed by atoms with Crippen molar-refractivity contribution in [3.05, 3.63) is 69.0 Å². The Hall–Kier alpha value is -2.66. The number of hydrogen-bond acceptors (Lipinski definition) is 5. The number of aliphatic hydroxyl groups excluding tert-OH is 1. The summed E-state index contributed by atoms with van der Waals surface area (Å²) < 4.78 is 0. The van der Waals surface area contributed by atoms with E-state index in [2.05, 4.69) is 5.16 Å². The quantitative estimate of drug-likeness (QED) is 0.171. The third-order valence-corrected chi connectivity index (χ3v) is 5.68. The number of nitrogens with zero attached hydrogens (tertiary/aromatic N) is 1. The molecular weight excluding hydrogens is 414 g/mol. The van der Waals surface area contributed by atoms with Crippen LogP contribution in [0, 0.1) is 20.8 Å².